The lowest BCUT2D eigenvalue weighted by Gasteiger charge is -2.37. The van der Waals surface area contributed by atoms with Crippen LogP contribution in [0.3, 0.4) is 0 Å². The van der Waals surface area contributed by atoms with Crippen LogP contribution in [0.1, 0.15) is 20.8 Å². The Morgan fingerprint density at radius 3 is 2.69 bits per heavy atom. The third-order valence-electron chi connectivity index (χ3n) is 4.54. The molecule has 182 valence electrons. The number of rotatable bonds is 9. The SMILES string of the molecule is C=C1NC(=O)C=CN1[C@@H]1O[C@](CF)(COP(=O)(O)OCOC(=O)OC(C)C)[C@@H](O)[C@@]1(C)O. The Bertz CT molecular complexity index is 820. The number of phosphoric acid groups is 1. The lowest BCUT2D eigenvalue weighted by molar-refractivity contribution is -0.148. The lowest BCUT2D eigenvalue weighted by atomic mass is 9.88. The number of hydrogen-bond acceptors (Lipinski definition) is 11. The van der Waals surface area contributed by atoms with Gasteiger partial charge in [-0.2, -0.15) is 0 Å². The summed E-state index contributed by atoms with van der Waals surface area (Å²) in [5.74, 6) is -0.519. The summed E-state index contributed by atoms with van der Waals surface area (Å²) in [4.78, 5) is 33.5. The second-order valence-electron chi connectivity index (χ2n) is 7.51. The van der Waals surface area contributed by atoms with Crippen LogP contribution in [0.15, 0.2) is 24.7 Å². The van der Waals surface area contributed by atoms with Crippen molar-refractivity contribution in [3.05, 3.63) is 24.7 Å². The van der Waals surface area contributed by atoms with Crippen LogP contribution in [0.5, 0.6) is 0 Å². The number of nitrogens with one attached hydrogen (secondary N) is 1. The standard InChI is InChI=1S/C17H26FN2O11P/c1-10(2)30-15(23)27-9-29-32(25,26)28-8-17(7-18)13(22)16(4,24)14(31-17)20-6-5-12(21)19-11(20)3/h5-6,10,13-14,22,24H,3,7-9H2,1-2,4H3,(H,19,21)(H,25,26)/t13-,14+,16+,17+/m0/s1. The number of hydrogen-bond donors (Lipinski definition) is 4. The van der Waals surface area contributed by atoms with Gasteiger partial charge < -0.3 is 39.5 Å². The third kappa shape index (κ3) is 5.84. The van der Waals surface area contributed by atoms with Crippen LogP contribution in [0.4, 0.5) is 9.18 Å². The van der Waals surface area contributed by atoms with Crippen molar-refractivity contribution in [2.75, 3.05) is 20.1 Å². The molecular weight excluding hydrogens is 458 g/mol. The van der Waals surface area contributed by atoms with E-state index in [1.807, 2.05) is 0 Å². The van der Waals surface area contributed by atoms with E-state index in [9.17, 15) is 33.7 Å². The first kappa shape index (κ1) is 26.2. The molecular formula is C17H26FN2O11P. The van der Waals surface area contributed by atoms with Crippen LogP contribution in [-0.4, -0.2) is 81.8 Å². The fraction of sp³-hybridized carbons (Fsp3) is 0.647. The maximum atomic E-state index is 14.0. The first-order chi connectivity index (χ1) is 14.7. The first-order valence-electron chi connectivity index (χ1n) is 9.30. The van der Waals surface area contributed by atoms with Crippen LogP contribution in [0.25, 0.3) is 0 Å². The van der Waals surface area contributed by atoms with Gasteiger partial charge in [-0.15, -0.1) is 0 Å². The van der Waals surface area contributed by atoms with Crippen LogP contribution < -0.4 is 5.32 Å². The highest BCUT2D eigenvalue weighted by molar-refractivity contribution is 7.47. The van der Waals surface area contributed by atoms with E-state index >= 15 is 0 Å². The third-order valence-corrected chi connectivity index (χ3v) is 5.43. The number of phosphoric ester groups is 1. The molecule has 5 atom stereocenters. The topological polar surface area (TPSA) is 173 Å². The van der Waals surface area contributed by atoms with Crippen molar-refractivity contribution < 1.29 is 56.9 Å². The lowest BCUT2D eigenvalue weighted by Crippen LogP contribution is -2.55. The molecule has 0 radical (unpaired) electrons. The Labute approximate surface area is 182 Å². The number of aliphatic hydroxyl groups is 2. The number of carbonyl (C=O) groups excluding carboxylic acids is 2. The predicted molar refractivity (Wildman–Crippen MR) is 103 cm³/mol. The van der Waals surface area contributed by atoms with Crippen molar-refractivity contribution in [2.45, 2.75) is 50.4 Å². The minimum atomic E-state index is -4.91. The normalized spacial score (nSPS) is 32.1. The largest absolute Gasteiger partial charge is 0.510 e. The second kappa shape index (κ2) is 9.83. The summed E-state index contributed by atoms with van der Waals surface area (Å²) in [6.07, 6.45) is -2.75. The molecule has 1 unspecified atom stereocenters. The molecule has 0 bridgehead atoms. The van der Waals surface area contributed by atoms with Crippen molar-refractivity contribution in [1.29, 1.82) is 0 Å². The summed E-state index contributed by atoms with van der Waals surface area (Å²) in [5, 5.41) is 23.7. The van der Waals surface area contributed by atoms with Gasteiger partial charge in [-0.1, -0.05) is 6.58 Å². The smallest absolute Gasteiger partial charge is 0.432 e. The Balaban J connectivity index is 2.06. The van der Waals surface area contributed by atoms with Crippen LogP contribution in [-0.2, 0) is 32.6 Å². The molecule has 0 aromatic heterocycles. The van der Waals surface area contributed by atoms with Crippen LogP contribution >= 0.6 is 7.82 Å². The molecule has 32 heavy (non-hydrogen) atoms. The maximum Gasteiger partial charge on any atom is 0.510 e. The van der Waals surface area contributed by atoms with Gasteiger partial charge >= 0.3 is 14.0 Å². The van der Waals surface area contributed by atoms with Gasteiger partial charge in [0.05, 0.1) is 12.7 Å². The zero-order chi connectivity index (χ0) is 24.3. The van der Waals surface area contributed by atoms with E-state index in [-0.39, 0.29) is 5.82 Å². The fourth-order valence-electron chi connectivity index (χ4n) is 2.97. The molecule has 2 aliphatic heterocycles. The van der Waals surface area contributed by atoms with Crippen molar-refractivity contribution in [1.82, 2.24) is 10.2 Å². The van der Waals surface area contributed by atoms with E-state index in [2.05, 4.69) is 25.9 Å². The van der Waals surface area contributed by atoms with Crippen molar-refractivity contribution in [3.63, 3.8) is 0 Å². The Kier molecular flexibility index (Phi) is 8.05. The average Bonchev–Trinajstić information content (AvgIpc) is 2.87. The first-order valence-corrected chi connectivity index (χ1v) is 10.8. The zero-order valence-electron chi connectivity index (χ0n) is 17.6. The van der Waals surface area contributed by atoms with Crippen molar-refractivity contribution in [2.24, 2.45) is 0 Å². The van der Waals surface area contributed by atoms with E-state index in [0.717, 1.165) is 17.9 Å². The van der Waals surface area contributed by atoms with E-state index in [4.69, 9.17) is 9.26 Å². The molecule has 0 spiro atoms. The molecule has 2 aliphatic rings. The monoisotopic (exact) mass is 484 g/mol. The molecule has 0 aromatic carbocycles. The molecule has 4 N–H and O–H groups in total. The van der Waals surface area contributed by atoms with E-state index < -0.39 is 69.6 Å². The van der Waals surface area contributed by atoms with Gasteiger partial charge in [-0.05, 0) is 20.8 Å². The van der Waals surface area contributed by atoms with Crippen LogP contribution in [0, 0.1) is 0 Å². The number of halogens is 1. The summed E-state index contributed by atoms with van der Waals surface area (Å²) in [6.45, 7) is 4.36. The molecule has 1 fully saturated rings. The molecule has 13 nitrogen and oxygen atoms in total. The Morgan fingerprint density at radius 2 is 2.12 bits per heavy atom. The van der Waals surface area contributed by atoms with Crippen molar-refractivity contribution >= 4 is 19.9 Å². The molecule has 1 amide bonds. The summed E-state index contributed by atoms with van der Waals surface area (Å²) in [6, 6.07) is 0. The zero-order valence-corrected chi connectivity index (χ0v) is 18.5. The Hall–Kier alpha value is -2.06. The maximum absolute atomic E-state index is 14.0. The molecule has 0 aliphatic carbocycles. The van der Waals surface area contributed by atoms with Crippen LogP contribution in [0.2, 0.25) is 0 Å². The van der Waals surface area contributed by atoms with Gasteiger partial charge in [0, 0.05) is 12.3 Å². The quantitative estimate of drug-likeness (QED) is 0.200. The average molecular weight is 484 g/mol. The van der Waals surface area contributed by atoms with Gasteiger partial charge in [0.1, 0.15) is 24.2 Å². The van der Waals surface area contributed by atoms with Crippen molar-refractivity contribution in [3.8, 4) is 0 Å². The van der Waals surface area contributed by atoms with E-state index in [0.29, 0.717) is 0 Å². The number of alkyl halides is 1. The highest BCUT2D eigenvalue weighted by Gasteiger charge is 2.63. The highest BCUT2D eigenvalue weighted by Crippen LogP contribution is 2.48. The number of amides is 1. The summed E-state index contributed by atoms with van der Waals surface area (Å²) < 4.78 is 49.8. The summed E-state index contributed by atoms with van der Waals surface area (Å²) in [7, 11) is -4.91. The second-order valence-corrected chi connectivity index (χ2v) is 8.96. The molecule has 15 heteroatoms. The fourth-order valence-corrected chi connectivity index (χ4v) is 3.61. The molecule has 0 saturated carbocycles. The minimum absolute atomic E-state index is 0.0212. The molecule has 2 rings (SSSR count). The predicted octanol–water partition coefficient (Wildman–Crippen LogP) is 0.232. The summed E-state index contributed by atoms with van der Waals surface area (Å²) in [5.41, 5.74) is -4.42. The van der Waals surface area contributed by atoms with Gasteiger partial charge in [0.15, 0.2) is 11.8 Å². The highest BCUT2D eigenvalue weighted by atomic mass is 31.2. The molecule has 1 saturated heterocycles. The number of aliphatic hydroxyl groups excluding tert-OH is 1. The number of nitrogens with zero attached hydrogens (tertiary/aromatic N) is 1. The van der Waals surface area contributed by atoms with Gasteiger partial charge in [0.2, 0.25) is 6.79 Å². The number of carbonyl (C=O) groups is 2. The van der Waals surface area contributed by atoms with E-state index in [1.54, 1.807) is 13.8 Å². The molecule has 0 aromatic rings. The van der Waals surface area contributed by atoms with Gasteiger partial charge in [-0.25, -0.2) is 18.3 Å². The van der Waals surface area contributed by atoms with Gasteiger partial charge in [-0.3, -0.25) is 9.32 Å². The molecule has 2 heterocycles. The van der Waals surface area contributed by atoms with E-state index in [1.165, 1.54) is 6.20 Å². The Morgan fingerprint density at radius 1 is 1.47 bits per heavy atom. The number of ether oxygens (including phenoxy) is 3. The minimum Gasteiger partial charge on any atom is -0.432 e. The summed E-state index contributed by atoms with van der Waals surface area (Å²) >= 11 is 0. The van der Waals surface area contributed by atoms with Gasteiger partial charge in [0.25, 0.3) is 5.91 Å².